The molecule has 0 saturated carbocycles. The van der Waals surface area contributed by atoms with E-state index >= 15 is 0 Å². The lowest BCUT2D eigenvalue weighted by Crippen LogP contribution is -2.09. The first-order chi connectivity index (χ1) is 9.34. The maximum absolute atomic E-state index is 5.95. The minimum absolute atomic E-state index is 0.753. The fourth-order valence-corrected chi connectivity index (χ4v) is 2.10. The standard InChI is InChI=1S/C14H15N5/c15-13-1-2-14(11-3-4-16-9-12(11)13)18-6-8-19-7-5-17-10-19/h1-5,7,9-10,18H,6,8,15H2. The minimum atomic E-state index is 0.753. The second-order valence-electron chi connectivity index (χ2n) is 4.35. The number of rotatable bonds is 4. The molecule has 19 heavy (non-hydrogen) atoms. The minimum Gasteiger partial charge on any atom is -0.398 e. The van der Waals surface area contributed by atoms with Gasteiger partial charge in [-0.15, -0.1) is 0 Å². The number of anilines is 2. The summed E-state index contributed by atoms with van der Waals surface area (Å²) in [7, 11) is 0. The van der Waals surface area contributed by atoms with Gasteiger partial charge >= 0.3 is 0 Å². The number of nitrogens with zero attached hydrogens (tertiary/aromatic N) is 3. The number of nitrogens with one attached hydrogen (secondary N) is 1. The Morgan fingerprint density at radius 2 is 2.05 bits per heavy atom. The van der Waals surface area contributed by atoms with Gasteiger partial charge in [-0.25, -0.2) is 4.98 Å². The normalized spacial score (nSPS) is 10.7. The Balaban J connectivity index is 1.79. The molecule has 5 nitrogen and oxygen atoms in total. The van der Waals surface area contributed by atoms with Gasteiger partial charge in [0.2, 0.25) is 0 Å². The molecule has 0 fully saturated rings. The lowest BCUT2D eigenvalue weighted by molar-refractivity contribution is 0.727. The molecule has 1 aromatic carbocycles. The van der Waals surface area contributed by atoms with Crippen LogP contribution in [0.1, 0.15) is 0 Å². The van der Waals surface area contributed by atoms with Gasteiger partial charge < -0.3 is 15.6 Å². The van der Waals surface area contributed by atoms with Crippen LogP contribution >= 0.6 is 0 Å². The van der Waals surface area contributed by atoms with E-state index in [1.54, 1.807) is 18.6 Å². The van der Waals surface area contributed by atoms with Crippen LogP contribution in [0.3, 0.4) is 0 Å². The quantitative estimate of drug-likeness (QED) is 0.699. The van der Waals surface area contributed by atoms with Gasteiger partial charge in [0.05, 0.1) is 6.33 Å². The van der Waals surface area contributed by atoms with Crippen molar-refractivity contribution in [3.05, 3.63) is 49.3 Å². The van der Waals surface area contributed by atoms with Crippen LogP contribution in [0.2, 0.25) is 0 Å². The molecular weight excluding hydrogens is 238 g/mol. The van der Waals surface area contributed by atoms with Crippen molar-refractivity contribution in [2.75, 3.05) is 17.6 Å². The second-order valence-corrected chi connectivity index (χ2v) is 4.35. The second kappa shape index (κ2) is 4.97. The molecule has 96 valence electrons. The Kier molecular flexibility index (Phi) is 3.02. The average Bonchev–Trinajstić information content (AvgIpc) is 2.95. The van der Waals surface area contributed by atoms with E-state index in [0.717, 1.165) is 35.2 Å². The predicted molar refractivity (Wildman–Crippen MR) is 76.9 cm³/mol. The van der Waals surface area contributed by atoms with Crippen molar-refractivity contribution in [1.29, 1.82) is 0 Å². The van der Waals surface area contributed by atoms with Crippen LogP contribution < -0.4 is 11.1 Å². The SMILES string of the molecule is Nc1ccc(NCCn2ccnc2)c2ccncc12. The maximum atomic E-state index is 5.95. The molecule has 0 amide bonds. The first-order valence-electron chi connectivity index (χ1n) is 6.16. The monoisotopic (exact) mass is 253 g/mol. The number of imidazole rings is 1. The summed E-state index contributed by atoms with van der Waals surface area (Å²) < 4.78 is 2.04. The molecule has 2 aromatic heterocycles. The van der Waals surface area contributed by atoms with E-state index in [1.165, 1.54) is 0 Å². The Morgan fingerprint density at radius 1 is 1.11 bits per heavy atom. The number of fused-ring (bicyclic) bond motifs is 1. The first kappa shape index (κ1) is 11.5. The molecule has 0 aliphatic heterocycles. The molecule has 0 aliphatic rings. The fourth-order valence-electron chi connectivity index (χ4n) is 2.10. The topological polar surface area (TPSA) is 68.8 Å². The molecule has 3 rings (SSSR count). The zero-order chi connectivity index (χ0) is 13.1. The van der Waals surface area contributed by atoms with Crippen LogP contribution in [0.4, 0.5) is 11.4 Å². The molecule has 0 unspecified atom stereocenters. The highest BCUT2D eigenvalue weighted by molar-refractivity contribution is 6.00. The average molecular weight is 253 g/mol. The number of nitrogens with two attached hydrogens (primary N) is 1. The molecule has 0 aliphatic carbocycles. The summed E-state index contributed by atoms with van der Waals surface area (Å²) in [6, 6.07) is 5.89. The van der Waals surface area contributed by atoms with Gasteiger partial charge in [-0.2, -0.15) is 0 Å². The molecule has 2 heterocycles. The summed E-state index contributed by atoms with van der Waals surface area (Å²) in [5.41, 5.74) is 7.78. The smallest absolute Gasteiger partial charge is 0.0946 e. The van der Waals surface area contributed by atoms with E-state index in [2.05, 4.69) is 15.3 Å². The van der Waals surface area contributed by atoms with Gasteiger partial charge in [0.25, 0.3) is 0 Å². The largest absolute Gasteiger partial charge is 0.398 e. The summed E-state index contributed by atoms with van der Waals surface area (Å²) in [6.07, 6.45) is 9.12. The molecule has 3 N–H and O–H groups in total. The van der Waals surface area contributed by atoms with Gasteiger partial charge in [0, 0.05) is 60.0 Å². The Hall–Kier alpha value is -2.56. The van der Waals surface area contributed by atoms with E-state index in [4.69, 9.17) is 5.73 Å². The third kappa shape index (κ3) is 2.35. The summed E-state index contributed by atoms with van der Waals surface area (Å²) in [5.74, 6) is 0. The molecule has 0 spiro atoms. The molecule has 0 bridgehead atoms. The number of hydrogen-bond donors (Lipinski definition) is 2. The van der Waals surface area contributed by atoms with Gasteiger partial charge in [0.1, 0.15) is 0 Å². The van der Waals surface area contributed by atoms with E-state index in [0.29, 0.717) is 0 Å². The van der Waals surface area contributed by atoms with Crippen LogP contribution in [0, 0.1) is 0 Å². The molecule has 5 heteroatoms. The fraction of sp³-hybridized carbons (Fsp3) is 0.143. The van der Waals surface area contributed by atoms with Crippen LogP contribution in [0.15, 0.2) is 49.3 Å². The number of pyridine rings is 1. The van der Waals surface area contributed by atoms with Gasteiger partial charge in [0.15, 0.2) is 0 Å². The molecular formula is C14H15N5. The summed E-state index contributed by atoms with van der Waals surface area (Å²) >= 11 is 0. The molecule has 3 aromatic rings. The highest BCUT2D eigenvalue weighted by atomic mass is 15.0. The molecule has 0 atom stereocenters. The summed E-state index contributed by atoms with van der Waals surface area (Å²) in [6.45, 7) is 1.70. The van der Waals surface area contributed by atoms with E-state index in [1.807, 2.05) is 35.3 Å². The van der Waals surface area contributed by atoms with Gasteiger partial charge in [-0.05, 0) is 18.2 Å². The lowest BCUT2D eigenvalue weighted by atomic mass is 10.1. The maximum Gasteiger partial charge on any atom is 0.0946 e. The van der Waals surface area contributed by atoms with Crippen molar-refractivity contribution in [3.63, 3.8) is 0 Å². The third-order valence-electron chi connectivity index (χ3n) is 3.10. The molecule has 0 radical (unpaired) electrons. The Labute approximate surface area is 111 Å². The molecule has 0 saturated heterocycles. The van der Waals surface area contributed by atoms with E-state index < -0.39 is 0 Å². The zero-order valence-electron chi connectivity index (χ0n) is 10.5. The highest BCUT2D eigenvalue weighted by Crippen LogP contribution is 2.27. The number of hydrogen-bond acceptors (Lipinski definition) is 4. The van der Waals surface area contributed by atoms with Crippen molar-refractivity contribution >= 4 is 22.1 Å². The van der Waals surface area contributed by atoms with Crippen molar-refractivity contribution < 1.29 is 0 Å². The zero-order valence-corrected chi connectivity index (χ0v) is 10.5. The van der Waals surface area contributed by atoms with Crippen LogP contribution in [-0.2, 0) is 6.54 Å². The summed E-state index contributed by atoms with van der Waals surface area (Å²) in [5, 5.41) is 5.50. The van der Waals surface area contributed by atoms with Crippen LogP contribution in [-0.4, -0.2) is 21.1 Å². The van der Waals surface area contributed by atoms with Crippen LogP contribution in [0.25, 0.3) is 10.8 Å². The van der Waals surface area contributed by atoms with Gasteiger partial charge in [-0.3, -0.25) is 4.98 Å². The van der Waals surface area contributed by atoms with Crippen molar-refractivity contribution in [1.82, 2.24) is 14.5 Å². The van der Waals surface area contributed by atoms with Crippen LogP contribution in [0.5, 0.6) is 0 Å². The third-order valence-corrected chi connectivity index (χ3v) is 3.10. The van der Waals surface area contributed by atoms with Crippen molar-refractivity contribution in [2.45, 2.75) is 6.54 Å². The number of aromatic nitrogens is 3. The predicted octanol–water partition coefficient (Wildman–Crippen LogP) is 2.13. The number of benzene rings is 1. The van der Waals surface area contributed by atoms with Gasteiger partial charge in [-0.1, -0.05) is 0 Å². The number of nitrogen functional groups attached to an aromatic ring is 1. The van der Waals surface area contributed by atoms with E-state index in [9.17, 15) is 0 Å². The van der Waals surface area contributed by atoms with Crippen molar-refractivity contribution in [2.24, 2.45) is 0 Å². The lowest BCUT2D eigenvalue weighted by Gasteiger charge is -2.11. The van der Waals surface area contributed by atoms with Crippen molar-refractivity contribution in [3.8, 4) is 0 Å². The first-order valence-corrected chi connectivity index (χ1v) is 6.16. The van der Waals surface area contributed by atoms with E-state index in [-0.39, 0.29) is 0 Å². The Morgan fingerprint density at radius 3 is 2.89 bits per heavy atom. The highest BCUT2D eigenvalue weighted by Gasteiger charge is 2.03. The summed E-state index contributed by atoms with van der Waals surface area (Å²) in [4.78, 5) is 8.14. The Bertz CT molecular complexity index is 675.